The number of hydrogen-bond acceptors (Lipinski definition) is 5. The predicted octanol–water partition coefficient (Wildman–Crippen LogP) is 2.86. The maximum Gasteiger partial charge on any atom is 0.410 e. The largest absolute Gasteiger partial charge is 0.444 e. The lowest BCUT2D eigenvalue weighted by atomic mass is 10.0. The Labute approximate surface area is 151 Å². The van der Waals surface area contributed by atoms with Gasteiger partial charge in [-0.2, -0.15) is 5.10 Å². The van der Waals surface area contributed by atoms with Gasteiger partial charge in [-0.25, -0.2) is 9.18 Å². The molecule has 1 aromatic carbocycles. The number of nitrogens with zero attached hydrogens (tertiary/aromatic N) is 3. The molecule has 0 spiro atoms. The van der Waals surface area contributed by atoms with Gasteiger partial charge >= 0.3 is 6.09 Å². The lowest BCUT2D eigenvalue weighted by molar-refractivity contribution is 0.0240. The van der Waals surface area contributed by atoms with E-state index in [9.17, 15) is 9.18 Å². The molecule has 2 aromatic rings. The number of aromatic amines is 1. The summed E-state index contributed by atoms with van der Waals surface area (Å²) < 4.78 is 20.1. The molecule has 7 nitrogen and oxygen atoms in total. The van der Waals surface area contributed by atoms with Crippen LogP contribution in [-0.2, 0) is 4.74 Å². The topological polar surface area (TPSA) is 87.5 Å². The summed E-state index contributed by atoms with van der Waals surface area (Å²) in [5.74, 6) is -0.382. The number of hydrogen-bond donors (Lipinski definition) is 2. The van der Waals surface area contributed by atoms with Gasteiger partial charge in [0.1, 0.15) is 11.4 Å². The summed E-state index contributed by atoms with van der Waals surface area (Å²) in [5.41, 5.74) is 7.57. The quantitative estimate of drug-likeness (QED) is 0.803. The van der Waals surface area contributed by atoms with Gasteiger partial charge in [0.25, 0.3) is 0 Å². The average molecular weight is 361 g/mol. The van der Waals surface area contributed by atoms with E-state index >= 15 is 0 Å². The maximum absolute atomic E-state index is 14.7. The van der Waals surface area contributed by atoms with Crippen LogP contribution in [0, 0.1) is 5.82 Å². The third kappa shape index (κ3) is 3.89. The smallest absolute Gasteiger partial charge is 0.410 e. The zero-order chi connectivity index (χ0) is 18.9. The molecular weight excluding hydrogens is 337 g/mol. The Morgan fingerprint density at radius 3 is 2.54 bits per heavy atom. The van der Waals surface area contributed by atoms with Crippen molar-refractivity contribution < 1.29 is 13.9 Å². The number of anilines is 2. The first kappa shape index (κ1) is 18.0. The van der Waals surface area contributed by atoms with Crippen LogP contribution in [0.25, 0.3) is 11.1 Å². The van der Waals surface area contributed by atoms with Gasteiger partial charge in [0.2, 0.25) is 0 Å². The second-order valence-electron chi connectivity index (χ2n) is 7.34. The molecule has 1 amide bonds. The fraction of sp³-hybridized carbons (Fsp3) is 0.444. The number of ether oxygens (including phenoxy) is 1. The maximum atomic E-state index is 14.7. The van der Waals surface area contributed by atoms with Crippen LogP contribution < -0.4 is 10.6 Å². The Morgan fingerprint density at radius 1 is 1.27 bits per heavy atom. The monoisotopic (exact) mass is 361 g/mol. The number of carbonyl (C=O) groups excluding carboxylic acids is 1. The highest BCUT2D eigenvalue weighted by atomic mass is 19.1. The minimum Gasteiger partial charge on any atom is -0.444 e. The minimum atomic E-state index is -0.536. The second kappa shape index (κ2) is 6.86. The molecule has 0 bridgehead atoms. The van der Waals surface area contributed by atoms with Gasteiger partial charge in [0.05, 0.1) is 11.9 Å². The summed E-state index contributed by atoms with van der Waals surface area (Å²) in [5, 5.41) is 6.68. The molecule has 1 saturated heterocycles. The molecule has 1 fully saturated rings. The van der Waals surface area contributed by atoms with Crippen LogP contribution in [0.3, 0.4) is 0 Å². The molecule has 0 unspecified atom stereocenters. The summed E-state index contributed by atoms with van der Waals surface area (Å²) >= 11 is 0. The highest BCUT2D eigenvalue weighted by Gasteiger charge is 2.28. The van der Waals surface area contributed by atoms with Crippen molar-refractivity contribution in [1.29, 1.82) is 0 Å². The van der Waals surface area contributed by atoms with Crippen molar-refractivity contribution in [2.75, 3.05) is 36.8 Å². The normalized spacial score (nSPS) is 15.2. The highest BCUT2D eigenvalue weighted by molar-refractivity contribution is 5.81. The van der Waals surface area contributed by atoms with Crippen LogP contribution in [0.2, 0.25) is 0 Å². The Bertz CT molecular complexity index is 778. The first-order chi connectivity index (χ1) is 12.2. The first-order valence-electron chi connectivity index (χ1n) is 8.55. The number of nitrogen functional groups attached to an aromatic ring is 1. The van der Waals surface area contributed by atoms with Gasteiger partial charge in [-0.05, 0) is 32.9 Å². The van der Waals surface area contributed by atoms with Gasteiger partial charge in [0.15, 0.2) is 0 Å². The lowest BCUT2D eigenvalue weighted by Crippen LogP contribution is -2.50. The lowest BCUT2D eigenvalue weighted by Gasteiger charge is -2.37. The first-order valence-corrected chi connectivity index (χ1v) is 8.55. The fourth-order valence-electron chi connectivity index (χ4n) is 3.00. The van der Waals surface area contributed by atoms with Gasteiger partial charge in [-0.15, -0.1) is 0 Å². The van der Waals surface area contributed by atoms with E-state index < -0.39 is 5.60 Å². The molecule has 3 N–H and O–H groups in total. The van der Waals surface area contributed by atoms with Crippen molar-refractivity contribution in [1.82, 2.24) is 15.1 Å². The zero-order valence-electron chi connectivity index (χ0n) is 15.3. The van der Waals surface area contributed by atoms with E-state index in [2.05, 4.69) is 10.2 Å². The van der Waals surface area contributed by atoms with E-state index in [1.807, 2.05) is 25.7 Å². The van der Waals surface area contributed by atoms with Gasteiger partial charge in [-0.1, -0.05) is 0 Å². The number of H-pyrrole nitrogens is 1. The SMILES string of the molecule is CC(C)(C)OC(=O)N1CCN(c2c(F)cc(N)cc2-c2cn[nH]c2)CC1. The number of halogens is 1. The van der Waals surface area contributed by atoms with Crippen molar-refractivity contribution in [3.05, 3.63) is 30.3 Å². The third-order valence-corrected chi connectivity index (χ3v) is 4.14. The van der Waals surface area contributed by atoms with Crippen LogP contribution in [0.5, 0.6) is 0 Å². The summed E-state index contributed by atoms with van der Waals surface area (Å²) in [7, 11) is 0. The molecule has 1 aromatic heterocycles. The molecule has 26 heavy (non-hydrogen) atoms. The standard InChI is InChI=1S/C18H24FN5O2/c1-18(2,3)26-17(25)24-6-4-23(5-7-24)16-14(12-10-21-22-11-12)8-13(20)9-15(16)19/h8-11H,4-7,20H2,1-3H3,(H,21,22). The summed E-state index contributed by atoms with van der Waals surface area (Å²) in [4.78, 5) is 15.8. The molecule has 0 radical (unpaired) electrons. The minimum absolute atomic E-state index is 0.343. The predicted molar refractivity (Wildman–Crippen MR) is 98.4 cm³/mol. The number of amides is 1. The van der Waals surface area contributed by atoms with E-state index in [0.29, 0.717) is 43.1 Å². The van der Waals surface area contributed by atoms with E-state index in [0.717, 1.165) is 5.56 Å². The second-order valence-corrected chi connectivity index (χ2v) is 7.34. The molecule has 2 heterocycles. The molecule has 0 aliphatic carbocycles. The van der Waals surface area contributed by atoms with E-state index in [-0.39, 0.29) is 11.9 Å². The van der Waals surface area contributed by atoms with Crippen molar-refractivity contribution in [2.45, 2.75) is 26.4 Å². The van der Waals surface area contributed by atoms with E-state index in [4.69, 9.17) is 10.5 Å². The van der Waals surface area contributed by atoms with Gasteiger partial charge in [0, 0.05) is 49.2 Å². The molecule has 3 rings (SSSR count). The molecule has 8 heteroatoms. The van der Waals surface area contributed by atoms with Crippen LogP contribution in [0.1, 0.15) is 20.8 Å². The van der Waals surface area contributed by atoms with E-state index in [1.165, 1.54) is 6.07 Å². The summed E-state index contributed by atoms with van der Waals surface area (Å²) in [6, 6.07) is 3.06. The number of piperazine rings is 1. The number of rotatable bonds is 2. The number of aromatic nitrogens is 2. The third-order valence-electron chi connectivity index (χ3n) is 4.14. The number of carbonyl (C=O) groups is 1. The molecule has 1 aliphatic rings. The van der Waals surface area contributed by atoms with Crippen molar-refractivity contribution >= 4 is 17.5 Å². The summed E-state index contributed by atoms with van der Waals surface area (Å²) in [6.07, 6.45) is 2.99. The highest BCUT2D eigenvalue weighted by Crippen LogP contribution is 2.35. The number of benzene rings is 1. The molecule has 140 valence electrons. The van der Waals surface area contributed by atoms with Gasteiger partial charge in [-0.3, -0.25) is 5.10 Å². The zero-order valence-corrected chi connectivity index (χ0v) is 15.3. The molecule has 0 atom stereocenters. The van der Waals surface area contributed by atoms with Crippen LogP contribution in [0.4, 0.5) is 20.6 Å². The van der Waals surface area contributed by atoms with Gasteiger partial charge < -0.3 is 20.3 Å². The Morgan fingerprint density at radius 2 is 1.96 bits per heavy atom. The Kier molecular flexibility index (Phi) is 4.76. The average Bonchev–Trinajstić information content (AvgIpc) is 3.07. The Hall–Kier alpha value is -2.77. The number of nitrogens with two attached hydrogens (primary N) is 1. The van der Waals surface area contributed by atoms with Crippen molar-refractivity contribution in [2.24, 2.45) is 0 Å². The molecule has 0 saturated carbocycles. The fourth-order valence-corrected chi connectivity index (χ4v) is 3.00. The summed E-state index contributed by atoms with van der Waals surface area (Å²) in [6.45, 7) is 7.44. The van der Waals surface area contributed by atoms with Crippen LogP contribution >= 0.6 is 0 Å². The van der Waals surface area contributed by atoms with E-state index in [1.54, 1.807) is 23.4 Å². The van der Waals surface area contributed by atoms with Crippen LogP contribution in [-0.4, -0.2) is 53.0 Å². The van der Waals surface area contributed by atoms with Crippen molar-refractivity contribution in [3.8, 4) is 11.1 Å². The number of nitrogens with one attached hydrogen (secondary N) is 1. The Balaban J connectivity index is 1.79. The molecule has 1 aliphatic heterocycles. The van der Waals surface area contributed by atoms with Crippen molar-refractivity contribution in [3.63, 3.8) is 0 Å². The van der Waals surface area contributed by atoms with Crippen LogP contribution in [0.15, 0.2) is 24.5 Å². The molecular formula is C18H24FN5O2.